The van der Waals surface area contributed by atoms with Gasteiger partial charge in [-0.1, -0.05) is 38.1 Å². The molecule has 7 heteroatoms. The van der Waals surface area contributed by atoms with Gasteiger partial charge < -0.3 is 4.90 Å². The molecule has 0 aliphatic heterocycles. The fourth-order valence-corrected chi connectivity index (χ4v) is 5.72. The Hall–Kier alpha value is -2.54. The third kappa shape index (κ3) is 4.15. The average molecular weight is 439 g/mol. The third-order valence-electron chi connectivity index (χ3n) is 6.38. The summed E-state index contributed by atoms with van der Waals surface area (Å²) in [6.45, 7) is 11.2. The molecular formula is C24H30N4O2S. The molecule has 6 nitrogen and oxygen atoms in total. The Morgan fingerprint density at radius 3 is 2.77 bits per heavy atom. The molecule has 2 heterocycles. The molecule has 4 rings (SSSR count). The largest absolute Gasteiger partial charge is 0.311 e. The summed E-state index contributed by atoms with van der Waals surface area (Å²) in [5, 5.41) is 9.08. The topological polar surface area (TPSA) is 68.1 Å². The van der Waals surface area contributed by atoms with Crippen LogP contribution >= 0.6 is 11.3 Å². The van der Waals surface area contributed by atoms with Crippen molar-refractivity contribution in [2.75, 3.05) is 11.4 Å². The summed E-state index contributed by atoms with van der Waals surface area (Å²) >= 11 is 1.59. The molecule has 0 bridgehead atoms. The Kier molecular flexibility index (Phi) is 5.73. The minimum atomic E-state index is -0.203. The molecule has 0 radical (unpaired) electrons. The molecule has 0 saturated heterocycles. The summed E-state index contributed by atoms with van der Waals surface area (Å²) in [6.07, 6.45) is 2.94. The smallest absolute Gasteiger partial charge is 0.279 e. The highest BCUT2D eigenvalue weighted by molar-refractivity contribution is 7.18. The van der Waals surface area contributed by atoms with E-state index in [1.807, 2.05) is 38.1 Å². The molecule has 164 valence electrons. The van der Waals surface area contributed by atoms with E-state index in [0.717, 1.165) is 36.1 Å². The van der Waals surface area contributed by atoms with Gasteiger partial charge in [-0.05, 0) is 67.7 Å². The predicted octanol–water partition coefficient (Wildman–Crippen LogP) is 4.37. The van der Waals surface area contributed by atoms with Gasteiger partial charge >= 0.3 is 0 Å². The van der Waals surface area contributed by atoms with Crippen molar-refractivity contribution in [2.45, 2.75) is 60.4 Å². The van der Waals surface area contributed by atoms with Crippen molar-refractivity contribution in [3.05, 3.63) is 50.6 Å². The van der Waals surface area contributed by atoms with Gasteiger partial charge in [0.1, 0.15) is 6.54 Å². The van der Waals surface area contributed by atoms with Crippen LogP contribution in [0.2, 0.25) is 0 Å². The van der Waals surface area contributed by atoms with Crippen molar-refractivity contribution in [3.8, 4) is 0 Å². The summed E-state index contributed by atoms with van der Waals surface area (Å²) < 4.78 is 1.23. The number of hydrogen-bond donors (Lipinski definition) is 0. The summed E-state index contributed by atoms with van der Waals surface area (Å²) in [5.41, 5.74) is 3.07. The van der Waals surface area contributed by atoms with Crippen LogP contribution in [0.4, 0.5) is 5.69 Å². The molecule has 31 heavy (non-hydrogen) atoms. The number of rotatable bonds is 4. The van der Waals surface area contributed by atoms with E-state index in [-0.39, 0.29) is 23.4 Å². The van der Waals surface area contributed by atoms with Crippen molar-refractivity contribution in [1.29, 1.82) is 0 Å². The maximum atomic E-state index is 13.3. The molecule has 1 atom stereocenters. The second-order valence-electron chi connectivity index (χ2n) is 9.52. The number of fused-ring (bicyclic) bond motifs is 3. The van der Waals surface area contributed by atoms with Crippen molar-refractivity contribution in [3.63, 3.8) is 0 Å². The van der Waals surface area contributed by atoms with E-state index in [0.29, 0.717) is 22.7 Å². The molecule has 0 fully saturated rings. The van der Waals surface area contributed by atoms with Crippen LogP contribution in [-0.2, 0) is 24.2 Å². The van der Waals surface area contributed by atoms with E-state index >= 15 is 0 Å². The van der Waals surface area contributed by atoms with Crippen LogP contribution in [0.3, 0.4) is 0 Å². The third-order valence-corrected chi connectivity index (χ3v) is 7.52. The number of thiophene rings is 1. The molecule has 0 N–H and O–H groups in total. The fraction of sp³-hybridized carbons (Fsp3) is 0.500. The van der Waals surface area contributed by atoms with E-state index in [2.05, 4.69) is 31.1 Å². The number of aromatic nitrogens is 3. The van der Waals surface area contributed by atoms with E-state index < -0.39 is 0 Å². The fourth-order valence-electron chi connectivity index (χ4n) is 4.48. The van der Waals surface area contributed by atoms with Gasteiger partial charge in [0, 0.05) is 17.1 Å². The number of amides is 1. The number of aryl methyl sites for hydroxylation is 2. The number of anilines is 1. The summed E-state index contributed by atoms with van der Waals surface area (Å²) in [5.74, 6) is 0.429. The molecule has 1 aliphatic carbocycles. The predicted molar refractivity (Wildman–Crippen MR) is 126 cm³/mol. The Labute approximate surface area is 186 Å². The summed E-state index contributed by atoms with van der Waals surface area (Å²) in [7, 11) is 0. The monoisotopic (exact) mass is 438 g/mol. The molecule has 1 aliphatic rings. The Morgan fingerprint density at radius 1 is 1.32 bits per heavy atom. The van der Waals surface area contributed by atoms with Gasteiger partial charge in [-0.2, -0.15) is 0 Å². The first-order valence-corrected chi connectivity index (χ1v) is 11.8. The number of carbonyl (C=O) groups excluding carboxylic acids is 1. The lowest BCUT2D eigenvalue weighted by Crippen LogP contribution is -2.37. The normalized spacial score (nSPS) is 16.4. The highest BCUT2D eigenvalue weighted by Gasteiger charge is 2.32. The first-order chi connectivity index (χ1) is 14.7. The number of benzene rings is 1. The van der Waals surface area contributed by atoms with Gasteiger partial charge in [0.05, 0.1) is 5.39 Å². The standard InChI is InChI=1S/C24H30N4O2S/c1-6-27(17-9-7-8-15(2)12-17)20(29)14-28-23(30)21-18-11-10-16(24(3,4)5)13-19(18)31-22(21)25-26-28/h7-9,12,16H,6,10-11,13-14H2,1-5H3/t16-/m0/s1. The van der Waals surface area contributed by atoms with E-state index in [9.17, 15) is 9.59 Å². The van der Waals surface area contributed by atoms with Gasteiger partial charge in [0.15, 0.2) is 4.83 Å². The summed E-state index contributed by atoms with van der Waals surface area (Å²) in [6, 6.07) is 7.81. The molecule has 3 aromatic rings. The number of carbonyl (C=O) groups is 1. The van der Waals surface area contributed by atoms with Crippen molar-refractivity contribution in [2.24, 2.45) is 11.3 Å². The van der Waals surface area contributed by atoms with Gasteiger partial charge in [0.25, 0.3) is 5.56 Å². The maximum Gasteiger partial charge on any atom is 0.279 e. The lowest BCUT2D eigenvalue weighted by molar-refractivity contribution is -0.119. The second-order valence-corrected chi connectivity index (χ2v) is 10.6. The van der Waals surface area contributed by atoms with Crippen LogP contribution in [0, 0.1) is 18.3 Å². The van der Waals surface area contributed by atoms with Gasteiger partial charge in [0.2, 0.25) is 5.91 Å². The van der Waals surface area contributed by atoms with Crippen LogP contribution in [0.15, 0.2) is 29.1 Å². The molecule has 2 aromatic heterocycles. The van der Waals surface area contributed by atoms with Gasteiger partial charge in [-0.25, -0.2) is 4.68 Å². The molecule has 0 saturated carbocycles. The Bertz CT molecular complexity index is 1190. The van der Waals surface area contributed by atoms with E-state index in [1.165, 1.54) is 9.56 Å². The van der Waals surface area contributed by atoms with Crippen LogP contribution in [-0.4, -0.2) is 27.4 Å². The molecular weight excluding hydrogens is 408 g/mol. The second kappa shape index (κ2) is 8.19. The summed E-state index contributed by atoms with van der Waals surface area (Å²) in [4.78, 5) is 29.9. The molecule has 1 amide bonds. The van der Waals surface area contributed by atoms with Crippen LogP contribution in [0.5, 0.6) is 0 Å². The Morgan fingerprint density at radius 2 is 2.10 bits per heavy atom. The first-order valence-electron chi connectivity index (χ1n) is 10.9. The minimum Gasteiger partial charge on any atom is -0.311 e. The molecule has 0 spiro atoms. The zero-order valence-corrected chi connectivity index (χ0v) is 19.8. The lowest BCUT2D eigenvalue weighted by atomic mass is 9.72. The first kappa shape index (κ1) is 21.7. The number of likely N-dealkylation sites (N-methyl/N-ethyl adjacent to an activating group) is 1. The molecule has 0 unspecified atom stereocenters. The maximum absolute atomic E-state index is 13.3. The van der Waals surface area contributed by atoms with Crippen LogP contribution in [0.25, 0.3) is 10.2 Å². The lowest BCUT2D eigenvalue weighted by Gasteiger charge is -2.33. The minimum absolute atomic E-state index is 0.112. The van der Waals surface area contributed by atoms with Crippen LogP contribution < -0.4 is 10.5 Å². The van der Waals surface area contributed by atoms with Crippen molar-refractivity contribution >= 4 is 33.1 Å². The Balaban J connectivity index is 1.64. The van der Waals surface area contributed by atoms with Crippen LogP contribution in [0.1, 0.15) is 50.1 Å². The zero-order valence-electron chi connectivity index (χ0n) is 18.9. The highest BCUT2D eigenvalue weighted by atomic mass is 32.1. The van der Waals surface area contributed by atoms with E-state index in [4.69, 9.17) is 0 Å². The van der Waals surface area contributed by atoms with Crippen molar-refractivity contribution in [1.82, 2.24) is 15.0 Å². The van der Waals surface area contributed by atoms with Gasteiger partial charge in [-0.3, -0.25) is 9.59 Å². The number of hydrogen-bond acceptors (Lipinski definition) is 5. The van der Waals surface area contributed by atoms with Crippen molar-refractivity contribution < 1.29 is 4.79 Å². The van der Waals surface area contributed by atoms with E-state index in [1.54, 1.807) is 16.2 Å². The quantitative estimate of drug-likeness (QED) is 0.607. The highest BCUT2D eigenvalue weighted by Crippen LogP contribution is 2.41. The zero-order chi connectivity index (χ0) is 22.3. The molecule has 1 aromatic carbocycles. The number of nitrogens with zero attached hydrogens (tertiary/aromatic N) is 4. The average Bonchev–Trinajstić information content (AvgIpc) is 3.08. The van der Waals surface area contributed by atoms with Gasteiger partial charge in [-0.15, -0.1) is 16.4 Å². The SMILES string of the molecule is CCN(C(=O)Cn1nnc2sc3c(c2c1=O)CC[C@H](C(C)(C)C)C3)c1cccc(C)c1.